The van der Waals surface area contributed by atoms with Gasteiger partial charge in [0.05, 0.1) is 0 Å². The molecule has 1 saturated heterocycles. The molecule has 168 valence electrons. The molecule has 2 aliphatic heterocycles. The third-order valence-corrected chi connectivity index (χ3v) is 5.59. The summed E-state index contributed by atoms with van der Waals surface area (Å²) in [7, 11) is 0. The van der Waals surface area contributed by atoms with Crippen LogP contribution in [0.5, 0.6) is 17.2 Å². The molecule has 0 saturated carbocycles. The Labute approximate surface area is 177 Å². The van der Waals surface area contributed by atoms with Gasteiger partial charge in [-0.05, 0) is 39.3 Å². The van der Waals surface area contributed by atoms with Crippen LogP contribution in [0.2, 0.25) is 0 Å². The molecule has 9 heteroatoms. The second-order valence-electron chi connectivity index (χ2n) is 7.90. The van der Waals surface area contributed by atoms with E-state index in [0.29, 0.717) is 43.2 Å². The SMILES string of the molecule is Cc1cc(OC2CCCN(C(C)c3cc4c(cc3F)OCCO4)C2)cc(C(F)(F)F)n1. The summed E-state index contributed by atoms with van der Waals surface area (Å²) in [6, 6.07) is 5.18. The zero-order valence-corrected chi connectivity index (χ0v) is 17.3. The van der Waals surface area contributed by atoms with Crippen LogP contribution in [0.4, 0.5) is 17.6 Å². The number of likely N-dealkylation sites (tertiary alicyclic amines) is 1. The second-order valence-corrected chi connectivity index (χ2v) is 7.90. The zero-order valence-electron chi connectivity index (χ0n) is 17.3. The van der Waals surface area contributed by atoms with E-state index in [1.807, 2.05) is 6.92 Å². The molecule has 2 aliphatic rings. The van der Waals surface area contributed by atoms with Gasteiger partial charge in [0.25, 0.3) is 0 Å². The maximum absolute atomic E-state index is 14.7. The highest BCUT2D eigenvalue weighted by molar-refractivity contribution is 5.45. The summed E-state index contributed by atoms with van der Waals surface area (Å²) in [5.41, 5.74) is -0.241. The molecule has 0 bridgehead atoms. The van der Waals surface area contributed by atoms with Crippen molar-refractivity contribution in [3.8, 4) is 17.2 Å². The molecule has 0 radical (unpaired) electrons. The predicted octanol–water partition coefficient (Wildman–Crippen LogP) is 4.92. The van der Waals surface area contributed by atoms with Crippen LogP contribution in [0.25, 0.3) is 0 Å². The number of fused-ring (bicyclic) bond motifs is 1. The summed E-state index contributed by atoms with van der Waals surface area (Å²) in [5, 5.41) is 0. The monoisotopic (exact) mass is 440 g/mol. The Hall–Kier alpha value is -2.55. The Morgan fingerprint density at radius 2 is 1.84 bits per heavy atom. The van der Waals surface area contributed by atoms with Gasteiger partial charge in [0.15, 0.2) is 11.5 Å². The number of aryl methyl sites for hydroxylation is 1. The molecule has 2 atom stereocenters. The molecule has 31 heavy (non-hydrogen) atoms. The van der Waals surface area contributed by atoms with Crippen molar-refractivity contribution in [1.82, 2.24) is 9.88 Å². The third-order valence-electron chi connectivity index (χ3n) is 5.59. The lowest BCUT2D eigenvalue weighted by Gasteiger charge is -2.37. The molecule has 1 fully saturated rings. The number of benzene rings is 1. The predicted molar refractivity (Wildman–Crippen MR) is 105 cm³/mol. The van der Waals surface area contributed by atoms with Gasteiger partial charge < -0.3 is 14.2 Å². The van der Waals surface area contributed by atoms with Crippen LogP contribution in [0.1, 0.15) is 42.8 Å². The molecule has 2 unspecified atom stereocenters. The number of halogens is 4. The van der Waals surface area contributed by atoms with Crippen molar-refractivity contribution in [3.05, 3.63) is 47.0 Å². The van der Waals surface area contributed by atoms with Crippen molar-refractivity contribution in [2.45, 2.75) is 45.0 Å². The average molecular weight is 440 g/mol. The zero-order chi connectivity index (χ0) is 22.2. The largest absolute Gasteiger partial charge is 0.489 e. The Kier molecular flexibility index (Phi) is 5.96. The lowest BCUT2D eigenvalue weighted by molar-refractivity contribution is -0.141. The van der Waals surface area contributed by atoms with Gasteiger partial charge >= 0.3 is 6.18 Å². The highest BCUT2D eigenvalue weighted by atomic mass is 19.4. The van der Waals surface area contributed by atoms with E-state index in [-0.39, 0.29) is 29.4 Å². The normalized spacial score (nSPS) is 20.4. The van der Waals surface area contributed by atoms with E-state index in [2.05, 4.69) is 9.88 Å². The first-order valence-electron chi connectivity index (χ1n) is 10.3. The van der Waals surface area contributed by atoms with Crippen molar-refractivity contribution in [2.24, 2.45) is 0 Å². The molecular weight excluding hydrogens is 416 g/mol. The number of alkyl halides is 3. The van der Waals surface area contributed by atoms with E-state index in [1.165, 1.54) is 19.1 Å². The highest BCUT2D eigenvalue weighted by Crippen LogP contribution is 2.37. The number of nitrogens with zero attached hydrogens (tertiary/aromatic N) is 2. The topological polar surface area (TPSA) is 43.8 Å². The van der Waals surface area contributed by atoms with Crippen LogP contribution in [0.3, 0.4) is 0 Å². The Morgan fingerprint density at radius 1 is 1.13 bits per heavy atom. The highest BCUT2D eigenvalue weighted by Gasteiger charge is 2.34. The molecule has 3 heterocycles. The van der Waals surface area contributed by atoms with E-state index in [4.69, 9.17) is 14.2 Å². The summed E-state index contributed by atoms with van der Waals surface area (Å²) in [4.78, 5) is 5.62. The summed E-state index contributed by atoms with van der Waals surface area (Å²) >= 11 is 0. The van der Waals surface area contributed by atoms with Gasteiger partial charge in [-0.25, -0.2) is 9.37 Å². The van der Waals surface area contributed by atoms with Gasteiger partial charge in [-0.2, -0.15) is 13.2 Å². The van der Waals surface area contributed by atoms with Gasteiger partial charge in [0.2, 0.25) is 0 Å². The van der Waals surface area contributed by atoms with Crippen molar-refractivity contribution in [2.75, 3.05) is 26.3 Å². The Bertz CT molecular complexity index is 951. The van der Waals surface area contributed by atoms with Crippen LogP contribution in [0.15, 0.2) is 24.3 Å². The number of hydrogen-bond donors (Lipinski definition) is 0. The van der Waals surface area contributed by atoms with E-state index in [1.54, 1.807) is 6.07 Å². The van der Waals surface area contributed by atoms with Crippen molar-refractivity contribution in [1.29, 1.82) is 0 Å². The maximum atomic E-state index is 14.7. The van der Waals surface area contributed by atoms with E-state index >= 15 is 0 Å². The quantitative estimate of drug-likeness (QED) is 0.632. The smallest absolute Gasteiger partial charge is 0.433 e. The van der Waals surface area contributed by atoms with Gasteiger partial charge in [-0.15, -0.1) is 0 Å². The molecule has 1 aromatic carbocycles. The number of ether oxygens (including phenoxy) is 3. The molecule has 1 aromatic heterocycles. The first-order chi connectivity index (χ1) is 14.7. The first-order valence-corrected chi connectivity index (χ1v) is 10.3. The van der Waals surface area contributed by atoms with Crippen molar-refractivity contribution >= 4 is 0 Å². The number of piperidine rings is 1. The summed E-state index contributed by atoms with van der Waals surface area (Å²) in [6.07, 6.45) is -3.35. The average Bonchev–Trinajstić information content (AvgIpc) is 2.72. The number of hydrogen-bond acceptors (Lipinski definition) is 5. The Morgan fingerprint density at radius 3 is 2.55 bits per heavy atom. The van der Waals surface area contributed by atoms with Crippen LogP contribution in [-0.2, 0) is 6.18 Å². The lowest BCUT2D eigenvalue weighted by atomic mass is 10.0. The molecule has 5 nitrogen and oxygen atoms in total. The molecule has 0 spiro atoms. The third kappa shape index (κ3) is 4.87. The minimum absolute atomic E-state index is 0.143. The molecule has 0 aliphatic carbocycles. The fourth-order valence-electron chi connectivity index (χ4n) is 4.05. The first kappa shape index (κ1) is 21.7. The van der Waals surface area contributed by atoms with Crippen molar-refractivity contribution in [3.63, 3.8) is 0 Å². The number of rotatable bonds is 4. The van der Waals surface area contributed by atoms with E-state index < -0.39 is 11.9 Å². The number of pyridine rings is 1. The van der Waals surface area contributed by atoms with E-state index in [0.717, 1.165) is 19.0 Å². The van der Waals surface area contributed by atoms with Gasteiger partial charge in [-0.1, -0.05) is 0 Å². The van der Waals surface area contributed by atoms with Gasteiger partial charge in [0, 0.05) is 42.0 Å². The molecule has 0 amide bonds. The van der Waals surface area contributed by atoms with Crippen LogP contribution in [-0.4, -0.2) is 42.3 Å². The molecule has 4 rings (SSSR count). The maximum Gasteiger partial charge on any atom is 0.433 e. The minimum Gasteiger partial charge on any atom is -0.489 e. The van der Waals surface area contributed by atoms with Crippen LogP contribution in [0, 0.1) is 12.7 Å². The summed E-state index contributed by atoms with van der Waals surface area (Å²) < 4.78 is 70.8. The molecule has 0 N–H and O–H groups in total. The van der Waals surface area contributed by atoms with Crippen LogP contribution >= 0.6 is 0 Å². The fourth-order valence-corrected chi connectivity index (χ4v) is 4.05. The molecule has 2 aromatic rings. The van der Waals surface area contributed by atoms with Gasteiger partial charge in [-0.3, -0.25) is 4.90 Å². The van der Waals surface area contributed by atoms with Crippen molar-refractivity contribution < 1.29 is 31.8 Å². The number of aromatic nitrogens is 1. The summed E-state index contributed by atoms with van der Waals surface area (Å²) in [5.74, 6) is 0.684. The summed E-state index contributed by atoms with van der Waals surface area (Å²) in [6.45, 7) is 5.40. The second kappa shape index (κ2) is 8.53. The standard InChI is InChI=1S/C22H24F4N2O3/c1-13-8-16(9-21(27-13)22(24,25)26)31-15-4-3-5-28(12-15)14(2)17-10-19-20(11-18(17)23)30-7-6-29-19/h8-11,14-15H,3-7,12H2,1-2H3. The van der Waals surface area contributed by atoms with E-state index in [9.17, 15) is 17.6 Å². The van der Waals surface area contributed by atoms with Gasteiger partial charge in [0.1, 0.15) is 36.6 Å². The minimum atomic E-state index is -4.53. The fraction of sp³-hybridized carbons (Fsp3) is 0.500. The molecular formula is C22H24F4N2O3. The Balaban J connectivity index is 1.48. The van der Waals surface area contributed by atoms with Crippen LogP contribution < -0.4 is 14.2 Å². The lowest BCUT2D eigenvalue weighted by Crippen LogP contribution is -2.42.